The third-order valence-electron chi connectivity index (χ3n) is 6.86. The van der Waals surface area contributed by atoms with Crippen molar-refractivity contribution in [1.82, 2.24) is 0 Å². The molecule has 0 saturated carbocycles. The largest absolute Gasteiger partial charge is 0.492 e. The van der Waals surface area contributed by atoms with Crippen molar-refractivity contribution < 1.29 is 28.5 Å². The molecule has 42 heavy (non-hydrogen) atoms. The molecule has 230 valence electrons. The van der Waals surface area contributed by atoms with E-state index < -0.39 is 0 Å². The molecular formula is C32H44N2O6S2. The lowest BCUT2D eigenvalue weighted by Crippen LogP contribution is -2.16. The second kappa shape index (κ2) is 17.3. The molecule has 1 heterocycles. The number of nitriles is 1. The second-order valence-corrected chi connectivity index (χ2v) is 13.6. The highest BCUT2D eigenvalue weighted by molar-refractivity contribution is 8.24. The lowest BCUT2D eigenvalue weighted by atomic mass is 9.86. The normalized spacial score (nSPS) is 15.1. The van der Waals surface area contributed by atoms with E-state index in [-0.39, 0.29) is 34.9 Å². The fraction of sp³-hybridized carbons (Fsp3) is 0.625. The van der Waals surface area contributed by atoms with Gasteiger partial charge in [-0.1, -0.05) is 72.0 Å². The summed E-state index contributed by atoms with van der Waals surface area (Å²) in [5, 5.41) is 9.53. The Morgan fingerprint density at radius 2 is 1.40 bits per heavy atom. The van der Waals surface area contributed by atoms with E-state index >= 15 is 0 Å². The Morgan fingerprint density at radius 1 is 0.905 bits per heavy atom. The molecule has 0 spiro atoms. The number of esters is 2. The number of hydrogen-bond donors (Lipinski definition) is 0. The number of carbonyl (C=O) groups is 2. The summed E-state index contributed by atoms with van der Waals surface area (Å²) in [6.07, 6.45) is 4.30. The molecule has 0 saturated heterocycles. The van der Waals surface area contributed by atoms with Crippen molar-refractivity contribution in [2.24, 2.45) is 11.8 Å². The van der Waals surface area contributed by atoms with Crippen LogP contribution in [0.5, 0.6) is 11.5 Å². The monoisotopic (exact) mass is 616 g/mol. The van der Waals surface area contributed by atoms with Crippen LogP contribution in [0.25, 0.3) is 4.85 Å². The molecule has 0 amide bonds. The van der Waals surface area contributed by atoms with Crippen LogP contribution < -0.4 is 9.47 Å². The molecule has 10 heteroatoms. The van der Waals surface area contributed by atoms with Gasteiger partial charge in [0.2, 0.25) is 0 Å². The Hall–Kier alpha value is -2.82. The van der Waals surface area contributed by atoms with E-state index in [0.29, 0.717) is 62.1 Å². The number of ether oxygens (including phenoxy) is 4. The molecule has 1 aliphatic rings. The van der Waals surface area contributed by atoms with E-state index in [1.54, 1.807) is 0 Å². The molecule has 1 aromatic carbocycles. The van der Waals surface area contributed by atoms with Crippen molar-refractivity contribution in [3.8, 4) is 17.6 Å². The zero-order valence-electron chi connectivity index (χ0n) is 26.0. The third kappa shape index (κ3) is 10.2. The summed E-state index contributed by atoms with van der Waals surface area (Å²) >= 11 is 2.73. The Kier molecular flexibility index (Phi) is 14.6. The molecule has 0 aromatic heterocycles. The molecule has 0 aliphatic carbocycles. The Bertz CT molecular complexity index is 1190. The van der Waals surface area contributed by atoms with Crippen LogP contribution in [0.3, 0.4) is 0 Å². The average Bonchev–Trinajstić information content (AvgIpc) is 3.41. The summed E-state index contributed by atoms with van der Waals surface area (Å²) < 4.78 is 24.0. The number of rotatable bonds is 16. The minimum atomic E-state index is -0.270. The number of benzene rings is 1. The van der Waals surface area contributed by atoms with Gasteiger partial charge in [-0.05, 0) is 50.0 Å². The van der Waals surface area contributed by atoms with Crippen LogP contribution in [0.15, 0.2) is 25.8 Å². The van der Waals surface area contributed by atoms with Gasteiger partial charge in [-0.3, -0.25) is 9.59 Å². The summed E-state index contributed by atoms with van der Waals surface area (Å²) in [4.78, 5) is 28.9. The number of nitrogens with zero attached hydrogens (tertiary/aromatic N) is 2. The van der Waals surface area contributed by atoms with Crippen molar-refractivity contribution in [1.29, 1.82) is 5.26 Å². The third-order valence-corrected chi connectivity index (χ3v) is 9.45. The minimum Gasteiger partial charge on any atom is -0.492 e. The molecular weight excluding hydrogens is 572 g/mol. The average molecular weight is 617 g/mol. The van der Waals surface area contributed by atoms with Gasteiger partial charge in [0.05, 0.1) is 64.9 Å². The number of fused-ring (bicyclic) bond motifs is 1. The van der Waals surface area contributed by atoms with Crippen LogP contribution in [0.1, 0.15) is 92.6 Å². The fourth-order valence-corrected chi connectivity index (χ4v) is 6.27. The predicted octanol–water partition coefficient (Wildman–Crippen LogP) is 8.29. The van der Waals surface area contributed by atoms with Crippen molar-refractivity contribution in [3.05, 3.63) is 33.0 Å². The molecule has 0 radical (unpaired) electrons. The first-order chi connectivity index (χ1) is 20.0. The van der Waals surface area contributed by atoms with Gasteiger partial charge in [0.25, 0.3) is 5.70 Å². The molecule has 2 unspecified atom stereocenters. The highest BCUT2D eigenvalue weighted by atomic mass is 32.2. The topological polar surface area (TPSA) is 99.2 Å². The van der Waals surface area contributed by atoms with Crippen molar-refractivity contribution in [2.45, 2.75) is 102 Å². The van der Waals surface area contributed by atoms with Gasteiger partial charge in [0.15, 0.2) is 0 Å². The van der Waals surface area contributed by atoms with Gasteiger partial charge >= 0.3 is 11.9 Å². The summed E-state index contributed by atoms with van der Waals surface area (Å²) in [7, 11) is 0. The SMILES string of the molecule is [C-]#[N+]/C(C#N)=C1\Sc2c(OCCCCOC(=O)C(C)CC)cc(C(C)(C)C)c(OCCCCOC(=O)C(C)CC)c2S1. The van der Waals surface area contributed by atoms with Crippen LogP contribution in [-0.4, -0.2) is 38.4 Å². The number of hydrogen-bond acceptors (Lipinski definition) is 9. The molecule has 2 rings (SSSR count). The Labute approximate surface area is 259 Å². The maximum atomic E-state index is 11.9. The minimum absolute atomic E-state index is 0.0432. The highest BCUT2D eigenvalue weighted by Crippen LogP contribution is 2.61. The number of thioether (sulfide) groups is 2. The van der Waals surface area contributed by atoms with Crippen LogP contribution in [0.2, 0.25) is 0 Å². The van der Waals surface area contributed by atoms with Crippen molar-refractivity contribution in [2.75, 3.05) is 26.4 Å². The second-order valence-electron chi connectivity index (χ2n) is 11.3. The van der Waals surface area contributed by atoms with Crippen molar-refractivity contribution >= 4 is 35.5 Å². The standard InChI is InChI=1S/C32H44N2O6S2/c1-9-21(3)29(35)39-17-13-11-15-37-25-19-23(32(5,6)7)26(28-27(25)41-31(42-28)24(20-33)34-8)38-16-12-14-18-40-30(36)22(4)10-2/h19,21-22H,9-18H2,1-7H3/b31-24+. The smallest absolute Gasteiger partial charge is 0.308 e. The van der Waals surface area contributed by atoms with E-state index in [1.165, 1.54) is 23.5 Å². The lowest BCUT2D eigenvalue weighted by Gasteiger charge is -2.26. The molecule has 1 aromatic rings. The molecule has 0 bridgehead atoms. The molecule has 2 atom stereocenters. The van der Waals surface area contributed by atoms with Gasteiger partial charge in [-0.25, -0.2) is 10.1 Å². The van der Waals surface area contributed by atoms with E-state index in [4.69, 9.17) is 25.5 Å². The quantitative estimate of drug-likeness (QED) is 0.0786. The number of unbranched alkanes of at least 4 members (excludes halogenated alkanes) is 2. The highest BCUT2D eigenvalue weighted by Gasteiger charge is 2.33. The van der Waals surface area contributed by atoms with E-state index in [2.05, 4.69) is 25.6 Å². The Balaban J connectivity index is 2.18. The predicted molar refractivity (Wildman–Crippen MR) is 166 cm³/mol. The van der Waals surface area contributed by atoms with Crippen molar-refractivity contribution in [3.63, 3.8) is 0 Å². The first kappa shape index (κ1) is 35.4. The Morgan fingerprint density at radius 3 is 1.88 bits per heavy atom. The summed E-state index contributed by atoms with van der Waals surface area (Å²) in [6.45, 7) is 23.0. The first-order valence-corrected chi connectivity index (χ1v) is 16.3. The lowest BCUT2D eigenvalue weighted by molar-refractivity contribution is -0.149. The molecule has 1 aliphatic heterocycles. The summed E-state index contributed by atoms with van der Waals surface area (Å²) in [6, 6.07) is 4.01. The summed E-state index contributed by atoms with van der Waals surface area (Å²) in [5.41, 5.74) is 0.743. The van der Waals surface area contributed by atoms with Gasteiger partial charge in [0.1, 0.15) is 11.5 Å². The van der Waals surface area contributed by atoms with E-state index in [9.17, 15) is 14.9 Å². The molecule has 0 N–H and O–H groups in total. The first-order valence-electron chi connectivity index (χ1n) is 14.7. The van der Waals surface area contributed by atoms with Gasteiger partial charge in [-0.15, -0.1) is 0 Å². The number of carbonyl (C=O) groups excluding carboxylic acids is 2. The molecule has 0 fully saturated rings. The van der Waals surface area contributed by atoms with E-state index in [0.717, 1.165) is 33.9 Å². The van der Waals surface area contributed by atoms with Crippen LogP contribution >= 0.6 is 23.5 Å². The maximum Gasteiger partial charge on any atom is 0.308 e. The van der Waals surface area contributed by atoms with Gasteiger partial charge in [0, 0.05) is 5.56 Å². The van der Waals surface area contributed by atoms with Crippen LogP contribution in [0, 0.1) is 29.7 Å². The summed E-state index contributed by atoms with van der Waals surface area (Å²) in [5.74, 6) is 0.873. The fourth-order valence-electron chi connectivity index (χ4n) is 3.74. The van der Waals surface area contributed by atoms with Gasteiger partial charge in [-0.2, -0.15) is 0 Å². The van der Waals surface area contributed by atoms with Crippen LogP contribution in [-0.2, 0) is 24.5 Å². The zero-order chi connectivity index (χ0) is 31.3. The van der Waals surface area contributed by atoms with Gasteiger partial charge < -0.3 is 18.9 Å². The maximum absolute atomic E-state index is 11.9. The van der Waals surface area contributed by atoms with E-state index in [1.807, 2.05) is 39.8 Å². The molecule has 8 nitrogen and oxygen atoms in total. The zero-order valence-corrected chi connectivity index (χ0v) is 27.6. The van der Waals surface area contributed by atoms with Crippen LogP contribution in [0.4, 0.5) is 0 Å². The number of allylic oxidation sites excluding steroid dienone is 1.